The van der Waals surface area contributed by atoms with Crippen LogP contribution in [0.1, 0.15) is 32.1 Å². The van der Waals surface area contributed by atoms with Crippen LogP contribution in [0.2, 0.25) is 0 Å². The molecule has 2 N–H and O–H groups in total. The van der Waals surface area contributed by atoms with Gasteiger partial charge in [0.2, 0.25) is 0 Å². The van der Waals surface area contributed by atoms with Crippen molar-refractivity contribution in [2.24, 2.45) is 0 Å². The molecule has 2 unspecified atom stereocenters. The Kier molecular flexibility index (Phi) is 5.04. The summed E-state index contributed by atoms with van der Waals surface area (Å²) in [5.41, 5.74) is 0. The summed E-state index contributed by atoms with van der Waals surface area (Å²) in [6, 6.07) is -0.516. The van der Waals surface area contributed by atoms with E-state index in [1.807, 2.05) is 0 Å². The zero-order valence-electron chi connectivity index (χ0n) is 9.29. The molecule has 1 fully saturated rings. The van der Waals surface area contributed by atoms with E-state index in [1.165, 1.54) is 0 Å². The number of rotatable bonds is 2. The smallest absolute Gasteiger partial charge is 0.422 e. The maximum atomic E-state index is 11.8. The van der Waals surface area contributed by atoms with Gasteiger partial charge < -0.3 is 15.2 Å². The van der Waals surface area contributed by atoms with Gasteiger partial charge in [-0.25, -0.2) is 4.79 Å². The highest BCUT2D eigenvalue weighted by Gasteiger charge is 2.30. The number of aliphatic hydroxyl groups is 1. The lowest BCUT2D eigenvalue weighted by atomic mass is 10.1. The van der Waals surface area contributed by atoms with Gasteiger partial charge in [0.05, 0.1) is 12.1 Å². The zero-order chi connectivity index (χ0) is 12.9. The monoisotopic (exact) mass is 255 g/mol. The van der Waals surface area contributed by atoms with Gasteiger partial charge >= 0.3 is 12.3 Å². The van der Waals surface area contributed by atoms with Gasteiger partial charge in [0.1, 0.15) is 0 Å². The van der Waals surface area contributed by atoms with Gasteiger partial charge in [-0.2, -0.15) is 13.2 Å². The highest BCUT2D eigenvalue weighted by molar-refractivity contribution is 5.67. The Morgan fingerprint density at radius 3 is 2.59 bits per heavy atom. The van der Waals surface area contributed by atoms with Crippen molar-refractivity contribution in [2.45, 2.75) is 50.4 Å². The number of halogens is 3. The third-order valence-electron chi connectivity index (χ3n) is 2.65. The van der Waals surface area contributed by atoms with E-state index in [2.05, 4.69) is 10.1 Å². The second kappa shape index (κ2) is 6.09. The van der Waals surface area contributed by atoms with Gasteiger partial charge in [0, 0.05) is 0 Å². The van der Waals surface area contributed by atoms with Gasteiger partial charge in [0.25, 0.3) is 0 Å². The summed E-state index contributed by atoms with van der Waals surface area (Å²) in [7, 11) is 0. The van der Waals surface area contributed by atoms with E-state index in [-0.39, 0.29) is 0 Å². The number of carbonyl (C=O) groups is 1. The number of ether oxygens (including phenoxy) is 1. The molecule has 0 bridgehead atoms. The molecule has 7 heteroatoms. The van der Waals surface area contributed by atoms with Crippen LogP contribution >= 0.6 is 0 Å². The molecule has 0 spiro atoms. The van der Waals surface area contributed by atoms with Crippen LogP contribution in [0.15, 0.2) is 0 Å². The number of hydrogen-bond donors (Lipinski definition) is 2. The molecular weight excluding hydrogens is 239 g/mol. The maximum absolute atomic E-state index is 11.8. The van der Waals surface area contributed by atoms with Gasteiger partial charge in [-0.1, -0.05) is 19.3 Å². The van der Waals surface area contributed by atoms with Crippen molar-refractivity contribution in [3.63, 3.8) is 0 Å². The molecule has 0 heterocycles. The Labute approximate surface area is 97.1 Å². The van der Waals surface area contributed by atoms with Crippen LogP contribution in [0.3, 0.4) is 0 Å². The molecule has 0 aromatic rings. The molecular formula is C10H16F3NO3. The van der Waals surface area contributed by atoms with Crippen molar-refractivity contribution in [2.75, 3.05) is 6.61 Å². The van der Waals surface area contributed by atoms with Crippen LogP contribution in [0, 0.1) is 0 Å². The molecule has 1 saturated carbocycles. The molecule has 1 amide bonds. The number of hydrogen-bond acceptors (Lipinski definition) is 3. The van der Waals surface area contributed by atoms with Crippen LogP contribution in [0.25, 0.3) is 0 Å². The normalized spacial score (nSPS) is 26.1. The van der Waals surface area contributed by atoms with E-state index in [0.29, 0.717) is 12.8 Å². The summed E-state index contributed by atoms with van der Waals surface area (Å²) in [6.07, 6.45) is -2.62. The SMILES string of the molecule is O=C(NC1CCCCCC1O)OCC(F)(F)F. The summed E-state index contributed by atoms with van der Waals surface area (Å²) >= 11 is 0. The summed E-state index contributed by atoms with van der Waals surface area (Å²) < 4.78 is 39.4. The van der Waals surface area contributed by atoms with E-state index in [1.54, 1.807) is 0 Å². The number of amides is 1. The molecule has 0 aromatic heterocycles. The predicted molar refractivity (Wildman–Crippen MR) is 53.4 cm³/mol. The fourth-order valence-corrected chi connectivity index (χ4v) is 1.80. The lowest BCUT2D eigenvalue weighted by molar-refractivity contribution is -0.160. The molecule has 2 atom stereocenters. The van der Waals surface area contributed by atoms with E-state index in [4.69, 9.17) is 0 Å². The molecule has 0 aromatic carbocycles. The van der Waals surface area contributed by atoms with Crippen LogP contribution < -0.4 is 5.32 Å². The summed E-state index contributed by atoms with van der Waals surface area (Å²) in [6.45, 7) is -1.61. The lowest BCUT2D eigenvalue weighted by Gasteiger charge is -2.21. The Balaban J connectivity index is 2.33. The Bertz CT molecular complexity index is 258. The van der Waals surface area contributed by atoms with Crippen LogP contribution in [0.4, 0.5) is 18.0 Å². The third-order valence-corrected chi connectivity index (χ3v) is 2.65. The molecule has 1 aliphatic rings. The zero-order valence-corrected chi connectivity index (χ0v) is 9.29. The van der Waals surface area contributed by atoms with Crippen molar-refractivity contribution in [3.8, 4) is 0 Å². The number of alkyl halides is 3. The van der Waals surface area contributed by atoms with E-state index >= 15 is 0 Å². The van der Waals surface area contributed by atoms with E-state index < -0.39 is 31.0 Å². The van der Waals surface area contributed by atoms with Gasteiger partial charge in [-0.15, -0.1) is 0 Å². The quantitative estimate of drug-likeness (QED) is 0.742. The van der Waals surface area contributed by atoms with E-state index in [0.717, 1.165) is 19.3 Å². The summed E-state index contributed by atoms with van der Waals surface area (Å²) in [5, 5.41) is 11.9. The Hall–Kier alpha value is -0.980. The fourth-order valence-electron chi connectivity index (χ4n) is 1.80. The first kappa shape index (κ1) is 14.1. The first-order chi connectivity index (χ1) is 7.88. The van der Waals surface area contributed by atoms with Gasteiger partial charge in [-0.3, -0.25) is 0 Å². The average molecular weight is 255 g/mol. The Morgan fingerprint density at radius 2 is 1.94 bits per heavy atom. The molecule has 0 saturated heterocycles. The standard InChI is InChI=1S/C10H16F3NO3/c11-10(12,13)6-17-9(16)14-7-4-2-1-3-5-8(7)15/h7-8,15H,1-6H2,(H,14,16). The van der Waals surface area contributed by atoms with Crippen molar-refractivity contribution >= 4 is 6.09 Å². The number of carbonyl (C=O) groups excluding carboxylic acids is 1. The second-order valence-electron chi connectivity index (χ2n) is 4.15. The van der Waals surface area contributed by atoms with Gasteiger partial charge in [0.15, 0.2) is 6.61 Å². The first-order valence-electron chi connectivity index (χ1n) is 5.56. The molecule has 1 rings (SSSR count). The highest BCUT2D eigenvalue weighted by atomic mass is 19.4. The average Bonchev–Trinajstić information content (AvgIpc) is 2.41. The molecule has 4 nitrogen and oxygen atoms in total. The van der Waals surface area contributed by atoms with Crippen LogP contribution in [-0.2, 0) is 4.74 Å². The molecule has 0 aliphatic heterocycles. The summed E-state index contributed by atoms with van der Waals surface area (Å²) in [5.74, 6) is 0. The minimum absolute atomic E-state index is 0.516. The fraction of sp³-hybridized carbons (Fsp3) is 0.900. The number of alkyl carbamates (subject to hydrolysis) is 1. The van der Waals surface area contributed by atoms with Crippen molar-refractivity contribution in [3.05, 3.63) is 0 Å². The van der Waals surface area contributed by atoms with Crippen LogP contribution in [0.5, 0.6) is 0 Å². The van der Waals surface area contributed by atoms with Crippen LogP contribution in [-0.4, -0.2) is 36.1 Å². The third kappa shape index (κ3) is 5.76. The lowest BCUT2D eigenvalue weighted by Crippen LogP contribution is -2.43. The molecule has 0 radical (unpaired) electrons. The van der Waals surface area contributed by atoms with Gasteiger partial charge in [-0.05, 0) is 12.8 Å². The van der Waals surface area contributed by atoms with Crippen molar-refractivity contribution in [1.29, 1.82) is 0 Å². The predicted octanol–water partition coefficient (Wildman–Crippen LogP) is 1.97. The largest absolute Gasteiger partial charge is 0.440 e. The minimum atomic E-state index is -4.53. The highest BCUT2D eigenvalue weighted by Crippen LogP contribution is 2.18. The first-order valence-corrected chi connectivity index (χ1v) is 5.56. The molecule has 100 valence electrons. The number of nitrogens with one attached hydrogen (secondary N) is 1. The molecule has 1 aliphatic carbocycles. The molecule has 17 heavy (non-hydrogen) atoms. The summed E-state index contributed by atoms with van der Waals surface area (Å²) in [4.78, 5) is 11.1. The minimum Gasteiger partial charge on any atom is -0.440 e. The maximum Gasteiger partial charge on any atom is 0.422 e. The number of aliphatic hydroxyl groups excluding tert-OH is 1. The van der Waals surface area contributed by atoms with Crippen molar-refractivity contribution in [1.82, 2.24) is 5.32 Å². The second-order valence-corrected chi connectivity index (χ2v) is 4.15. The van der Waals surface area contributed by atoms with E-state index in [9.17, 15) is 23.1 Å². The Morgan fingerprint density at radius 1 is 1.29 bits per heavy atom. The van der Waals surface area contributed by atoms with Crippen molar-refractivity contribution < 1.29 is 27.8 Å². The topological polar surface area (TPSA) is 58.6 Å².